The fraction of sp³-hybridized carbons (Fsp3) is 0.0435. The molecular formula is C23H16N2O4S. The van der Waals surface area contributed by atoms with Crippen molar-refractivity contribution in [2.45, 2.75) is 0 Å². The molecular weight excluding hydrogens is 400 g/mol. The minimum atomic E-state index is -0.519. The molecule has 0 saturated carbocycles. The Kier molecular flexibility index (Phi) is 4.37. The average Bonchev–Trinajstić information content (AvgIpc) is 3.46. The second-order valence-corrected chi connectivity index (χ2v) is 7.57. The summed E-state index contributed by atoms with van der Waals surface area (Å²) in [7, 11) is 1.52. The van der Waals surface area contributed by atoms with Crippen LogP contribution in [0.5, 0.6) is 11.5 Å². The third-order valence-corrected chi connectivity index (χ3v) is 5.68. The number of methoxy groups -OCH3 is 1. The summed E-state index contributed by atoms with van der Waals surface area (Å²) < 4.78 is 12.9. The summed E-state index contributed by atoms with van der Waals surface area (Å²) in [5, 5.41) is 17.6. The quantitative estimate of drug-likeness (QED) is 0.442. The molecule has 0 atom stereocenters. The molecule has 5 rings (SSSR count). The molecule has 0 saturated heterocycles. The summed E-state index contributed by atoms with van der Waals surface area (Å²) in [6.07, 6.45) is 1.76. The van der Waals surface area contributed by atoms with Crippen LogP contribution in [-0.2, 0) is 0 Å². The number of aromatic nitrogens is 2. The molecule has 5 aromatic rings. The van der Waals surface area contributed by atoms with Gasteiger partial charge in [0.15, 0.2) is 5.76 Å². The van der Waals surface area contributed by atoms with E-state index in [1.54, 1.807) is 29.1 Å². The Labute approximate surface area is 175 Å². The lowest BCUT2D eigenvalue weighted by atomic mass is 10.1. The van der Waals surface area contributed by atoms with Gasteiger partial charge in [0.05, 0.1) is 28.6 Å². The summed E-state index contributed by atoms with van der Waals surface area (Å²) in [5.74, 6) is 0.141. The highest BCUT2D eigenvalue weighted by molar-refractivity contribution is 7.13. The lowest BCUT2D eigenvalue weighted by Crippen LogP contribution is -2.03. The summed E-state index contributed by atoms with van der Waals surface area (Å²) in [6.45, 7) is 0. The molecule has 0 aliphatic carbocycles. The van der Waals surface area contributed by atoms with Crippen LogP contribution in [0.2, 0.25) is 0 Å². The third-order valence-electron chi connectivity index (χ3n) is 4.81. The second kappa shape index (κ2) is 7.20. The Morgan fingerprint density at radius 1 is 1.10 bits per heavy atom. The Morgan fingerprint density at radius 2 is 1.93 bits per heavy atom. The van der Waals surface area contributed by atoms with Gasteiger partial charge in [-0.2, -0.15) is 5.10 Å². The summed E-state index contributed by atoms with van der Waals surface area (Å²) >= 11 is 1.52. The Balaban J connectivity index is 1.77. The van der Waals surface area contributed by atoms with E-state index in [1.807, 2.05) is 47.8 Å². The van der Waals surface area contributed by atoms with E-state index < -0.39 is 11.2 Å². The maximum atomic E-state index is 12.9. The molecule has 1 N–H and O–H groups in total. The number of benzene rings is 2. The number of hydrogen-bond donors (Lipinski definition) is 1. The van der Waals surface area contributed by atoms with Crippen molar-refractivity contribution < 1.29 is 14.3 Å². The Morgan fingerprint density at radius 3 is 2.67 bits per heavy atom. The predicted octanol–water partition coefficient (Wildman–Crippen LogP) is 5.09. The van der Waals surface area contributed by atoms with Crippen molar-refractivity contribution in [1.29, 1.82) is 0 Å². The van der Waals surface area contributed by atoms with Crippen LogP contribution in [-0.4, -0.2) is 22.0 Å². The molecule has 2 aromatic carbocycles. The normalized spacial score (nSPS) is 11.1. The van der Waals surface area contributed by atoms with Crippen molar-refractivity contribution in [3.63, 3.8) is 0 Å². The summed E-state index contributed by atoms with van der Waals surface area (Å²) in [6, 6.07) is 18.4. The number of rotatable bonds is 4. The number of hydrogen-bond acceptors (Lipinski definition) is 6. The van der Waals surface area contributed by atoms with Gasteiger partial charge in [0.1, 0.15) is 17.0 Å². The minimum absolute atomic E-state index is 0.0863. The van der Waals surface area contributed by atoms with Crippen molar-refractivity contribution >= 4 is 22.3 Å². The van der Waals surface area contributed by atoms with Gasteiger partial charge in [-0.1, -0.05) is 24.3 Å². The molecule has 30 heavy (non-hydrogen) atoms. The van der Waals surface area contributed by atoms with Gasteiger partial charge < -0.3 is 14.3 Å². The lowest BCUT2D eigenvalue weighted by molar-refractivity contribution is 0.414. The monoisotopic (exact) mass is 416 g/mol. The van der Waals surface area contributed by atoms with Crippen molar-refractivity contribution in [2.24, 2.45) is 0 Å². The van der Waals surface area contributed by atoms with Gasteiger partial charge in [0.25, 0.3) is 0 Å². The van der Waals surface area contributed by atoms with Gasteiger partial charge in [0.2, 0.25) is 11.2 Å². The van der Waals surface area contributed by atoms with E-state index in [9.17, 15) is 9.90 Å². The van der Waals surface area contributed by atoms with Gasteiger partial charge in [-0.25, -0.2) is 4.68 Å². The number of para-hydroxylation sites is 1. The molecule has 0 amide bonds. The third kappa shape index (κ3) is 2.96. The van der Waals surface area contributed by atoms with E-state index in [0.29, 0.717) is 22.6 Å². The molecule has 3 aromatic heterocycles. The van der Waals surface area contributed by atoms with E-state index in [0.717, 1.165) is 10.6 Å². The number of thiophene rings is 1. The first kappa shape index (κ1) is 18.2. The molecule has 0 aliphatic heterocycles. The molecule has 0 spiro atoms. The van der Waals surface area contributed by atoms with Crippen molar-refractivity contribution in [3.8, 4) is 39.1 Å². The van der Waals surface area contributed by atoms with Crippen LogP contribution < -0.4 is 10.2 Å². The van der Waals surface area contributed by atoms with Gasteiger partial charge >= 0.3 is 0 Å². The Hall–Kier alpha value is -3.84. The van der Waals surface area contributed by atoms with Crippen molar-refractivity contribution in [3.05, 3.63) is 82.5 Å². The van der Waals surface area contributed by atoms with Crippen molar-refractivity contribution in [2.75, 3.05) is 7.11 Å². The van der Waals surface area contributed by atoms with Gasteiger partial charge in [-0.05, 0) is 41.8 Å². The number of ether oxygens (including phenoxy) is 1. The van der Waals surface area contributed by atoms with Gasteiger partial charge in [-0.3, -0.25) is 4.79 Å². The van der Waals surface area contributed by atoms with Crippen molar-refractivity contribution in [1.82, 2.24) is 9.78 Å². The zero-order chi connectivity index (χ0) is 20.7. The van der Waals surface area contributed by atoms with Crippen LogP contribution in [0.25, 0.3) is 38.6 Å². The maximum absolute atomic E-state index is 12.9. The number of nitrogens with zero attached hydrogens (tertiary/aromatic N) is 2. The molecule has 0 fully saturated rings. The average molecular weight is 416 g/mol. The first-order chi connectivity index (χ1) is 14.7. The largest absolute Gasteiger partial charge is 0.502 e. The van der Waals surface area contributed by atoms with Crippen LogP contribution in [0.4, 0.5) is 0 Å². The summed E-state index contributed by atoms with van der Waals surface area (Å²) in [4.78, 5) is 13.8. The SMILES string of the molecule is COc1ccc2oc(-c3cn(-c4ccccc4)nc3-c3cccs3)c(O)c(=O)c2c1. The smallest absolute Gasteiger partial charge is 0.235 e. The van der Waals surface area contributed by atoms with Gasteiger partial charge in [0, 0.05) is 6.20 Å². The van der Waals surface area contributed by atoms with E-state index in [2.05, 4.69) is 0 Å². The maximum Gasteiger partial charge on any atom is 0.235 e. The number of aromatic hydroxyl groups is 1. The lowest BCUT2D eigenvalue weighted by Gasteiger charge is -2.07. The highest BCUT2D eigenvalue weighted by Crippen LogP contribution is 2.38. The van der Waals surface area contributed by atoms with Gasteiger partial charge in [-0.15, -0.1) is 11.3 Å². The number of fused-ring (bicyclic) bond motifs is 1. The first-order valence-corrected chi connectivity index (χ1v) is 10.1. The molecule has 0 bridgehead atoms. The molecule has 3 heterocycles. The molecule has 7 heteroatoms. The topological polar surface area (TPSA) is 77.5 Å². The zero-order valence-corrected chi connectivity index (χ0v) is 16.7. The standard InChI is InChI=1S/C23H16N2O4S/c1-28-15-9-10-18-16(12-15)21(26)22(27)23(29-18)17-13-25(14-6-3-2-4-7-14)24-20(17)19-8-5-11-30-19/h2-13,27H,1H3. The van der Waals surface area contributed by atoms with Crippen LogP contribution >= 0.6 is 11.3 Å². The van der Waals surface area contributed by atoms with E-state index in [-0.39, 0.29) is 11.1 Å². The fourth-order valence-corrected chi connectivity index (χ4v) is 4.05. The molecule has 6 nitrogen and oxygen atoms in total. The molecule has 0 unspecified atom stereocenters. The van der Waals surface area contributed by atoms with Crippen LogP contribution in [0, 0.1) is 0 Å². The van der Waals surface area contributed by atoms with E-state index in [1.165, 1.54) is 18.4 Å². The second-order valence-electron chi connectivity index (χ2n) is 6.62. The highest BCUT2D eigenvalue weighted by atomic mass is 32.1. The summed E-state index contributed by atoms with van der Waals surface area (Å²) in [5.41, 5.74) is 1.86. The van der Waals surface area contributed by atoms with Crippen LogP contribution in [0.3, 0.4) is 0 Å². The molecule has 148 valence electrons. The first-order valence-electron chi connectivity index (χ1n) is 9.19. The van der Waals surface area contributed by atoms with Crippen LogP contribution in [0.15, 0.2) is 81.5 Å². The molecule has 0 radical (unpaired) electrons. The fourth-order valence-electron chi connectivity index (χ4n) is 3.32. The Bertz CT molecular complexity index is 1400. The minimum Gasteiger partial charge on any atom is -0.502 e. The van der Waals surface area contributed by atoms with E-state index in [4.69, 9.17) is 14.3 Å². The highest BCUT2D eigenvalue weighted by Gasteiger charge is 2.23. The molecule has 0 aliphatic rings. The van der Waals surface area contributed by atoms with Crippen LogP contribution in [0.1, 0.15) is 0 Å². The zero-order valence-electron chi connectivity index (χ0n) is 15.9. The van der Waals surface area contributed by atoms with E-state index >= 15 is 0 Å². The predicted molar refractivity (Wildman–Crippen MR) is 117 cm³/mol.